The van der Waals surface area contributed by atoms with E-state index >= 15 is 0 Å². The van der Waals surface area contributed by atoms with Crippen molar-refractivity contribution in [2.24, 2.45) is 0 Å². The van der Waals surface area contributed by atoms with Gasteiger partial charge in [-0.1, -0.05) is 17.2 Å². The molecule has 2 N–H and O–H groups in total. The molecule has 0 aliphatic rings. The van der Waals surface area contributed by atoms with Crippen molar-refractivity contribution in [2.45, 2.75) is 33.6 Å². The summed E-state index contributed by atoms with van der Waals surface area (Å²) < 4.78 is 5.60. The van der Waals surface area contributed by atoms with Crippen LogP contribution in [0.2, 0.25) is 0 Å². The van der Waals surface area contributed by atoms with Gasteiger partial charge in [-0.25, -0.2) is 0 Å². The van der Waals surface area contributed by atoms with E-state index in [-0.39, 0.29) is 23.6 Å². The van der Waals surface area contributed by atoms with Crippen LogP contribution in [0.4, 0.5) is 5.69 Å². The number of aromatic nitrogens is 1. The van der Waals surface area contributed by atoms with Gasteiger partial charge in [0, 0.05) is 17.5 Å². The van der Waals surface area contributed by atoms with Crippen LogP contribution in [0.25, 0.3) is 10.9 Å². The zero-order valence-electron chi connectivity index (χ0n) is 15.0. The Kier molecular flexibility index (Phi) is 6.16. The first-order chi connectivity index (χ1) is 12.3. The smallest absolute Gasteiger partial charge is 0.294 e. The van der Waals surface area contributed by atoms with Crippen molar-refractivity contribution in [2.75, 3.05) is 6.61 Å². The van der Waals surface area contributed by atoms with Gasteiger partial charge in [-0.15, -0.1) is 0 Å². The third-order valence-electron chi connectivity index (χ3n) is 3.89. The molecular weight excluding hydrogens is 336 g/mol. The first-order valence-corrected chi connectivity index (χ1v) is 8.24. The molecule has 1 aromatic carbocycles. The highest BCUT2D eigenvalue weighted by molar-refractivity contribution is 5.88. The van der Waals surface area contributed by atoms with Crippen molar-refractivity contribution in [3.8, 4) is 11.5 Å². The highest BCUT2D eigenvalue weighted by atomic mass is 16.6. The highest BCUT2D eigenvalue weighted by Crippen LogP contribution is 2.32. The second-order valence-corrected chi connectivity index (χ2v) is 6.30. The fourth-order valence-electron chi connectivity index (χ4n) is 2.46. The number of nitro benzene ring substituents is 1. The average Bonchev–Trinajstić information content (AvgIpc) is 2.57. The van der Waals surface area contributed by atoms with Gasteiger partial charge in [-0.05, 0) is 45.8 Å². The molecule has 0 saturated carbocycles. The van der Waals surface area contributed by atoms with E-state index in [9.17, 15) is 20.0 Å². The van der Waals surface area contributed by atoms with Gasteiger partial charge in [-0.3, -0.25) is 14.9 Å². The Morgan fingerprint density at radius 3 is 2.69 bits per heavy atom. The van der Waals surface area contributed by atoms with Crippen molar-refractivity contribution in [1.29, 1.82) is 0 Å². The molecule has 7 nitrogen and oxygen atoms in total. The van der Waals surface area contributed by atoms with Crippen LogP contribution in [0.5, 0.6) is 11.5 Å². The largest absolute Gasteiger partial charge is 0.500 e. The molecule has 7 heteroatoms. The number of hydrogen-bond acceptors (Lipinski definition) is 5. The highest BCUT2D eigenvalue weighted by Gasteiger charge is 2.15. The van der Waals surface area contributed by atoms with E-state index in [1.807, 2.05) is 26.8 Å². The number of nitrogens with zero attached hydrogens (tertiary/aromatic N) is 1. The number of nitrogens with one attached hydrogen (secondary N) is 1. The van der Waals surface area contributed by atoms with Gasteiger partial charge >= 0.3 is 0 Å². The number of nitro groups is 1. The molecule has 0 unspecified atom stereocenters. The number of fused-ring (bicyclic) bond motifs is 1. The number of pyridine rings is 1. The van der Waals surface area contributed by atoms with Crippen molar-refractivity contribution >= 4 is 16.6 Å². The minimum atomic E-state index is -0.753. The summed E-state index contributed by atoms with van der Waals surface area (Å²) in [7, 11) is 0. The Morgan fingerprint density at radius 1 is 1.31 bits per heavy atom. The number of ether oxygens (including phenoxy) is 1. The number of hydrogen-bond donors (Lipinski definition) is 2. The lowest BCUT2D eigenvalue weighted by Crippen LogP contribution is -2.08. The maximum Gasteiger partial charge on any atom is 0.294 e. The zero-order chi connectivity index (χ0) is 19.3. The maximum atomic E-state index is 11.9. The fourth-order valence-corrected chi connectivity index (χ4v) is 2.46. The number of H-pyrrole nitrogens is 1. The first kappa shape index (κ1) is 19.2. The summed E-state index contributed by atoms with van der Waals surface area (Å²) in [5.41, 5.74) is 1.73. The lowest BCUT2D eigenvalue weighted by molar-refractivity contribution is -0.384. The monoisotopic (exact) mass is 358 g/mol. The number of allylic oxidation sites excluding steroid dienone is 3. The zero-order valence-corrected chi connectivity index (χ0v) is 15.0. The van der Waals surface area contributed by atoms with Crippen LogP contribution >= 0.6 is 0 Å². The number of non-ortho nitro benzene ring substituents is 1. The summed E-state index contributed by atoms with van der Waals surface area (Å²) >= 11 is 0. The van der Waals surface area contributed by atoms with E-state index in [0.29, 0.717) is 5.39 Å². The molecule has 0 spiro atoms. The van der Waals surface area contributed by atoms with Crippen molar-refractivity contribution in [3.63, 3.8) is 0 Å². The Bertz CT molecular complexity index is 937. The molecule has 1 aromatic heterocycles. The number of aromatic hydroxyl groups is 1. The summed E-state index contributed by atoms with van der Waals surface area (Å²) in [6.07, 6.45) is 5.87. The predicted molar refractivity (Wildman–Crippen MR) is 101 cm³/mol. The van der Waals surface area contributed by atoms with Gasteiger partial charge < -0.3 is 14.8 Å². The summed E-state index contributed by atoms with van der Waals surface area (Å²) in [6, 6.07) is 3.99. The molecule has 1 heterocycles. The van der Waals surface area contributed by atoms with E-state index in [0.717, 1.165) is 18.4 Å². The van der Waals surface area contributed by atoms with E-state index in [2.05, 4.69) is 11.1 Å². The van der Waals surface area contributed by atoms with Gasteiger partial charge in [0.25, 0.3) is 11.2 Å². The van der Waals surface area contributed by atoms with E-state index in [1.54, 1.807) is 0 Å². The van der Waals surface area contributed by atoms with Gasteiger partial charge in [0.2, 0.25) is 5.75 Å². The minimum Gasteiger partial charge on any atom is -0.500 e. The molecule has 0 bridgehead atoms. The number of rotatable bonds is 7. The van der Waals surface area contributed by atoms with Gasteiger partial charge in [0.15, 0.2) is 5.75 Å². The van der Waals surface area contributed by atoms with Crippen LogP contribution < -0.4 is 10.3 Å². The minimum absolute atomic E-state index is 0.0204. The van der Waals surface area contributed by atoms with Crippen molar-refractivity contribution in [1.82, 2.24) is 4.98 Å². The average molecular weight is 358 g/mol. The van der Waals surface area contributed by atoms with Crippen LogP contribution in [0, 0.1) is 10.1 Å². The molecule has 0 aliphatic carbocycles. The third kappa shape index (κ3) is 4.72. The lowest BCUT2D eigenvalue weighted by Gasteiger charge is -2.10. The first-order valence-electron chi connectivity index (χ1n) is 8.24. The Hall–Kier alpha value is -3.09. The maximum absolute atomic E-state index is 11.9. The molecule has 26 heavy (non-hydrogen) atoms. The van der Waals surface area contributed by atoms with Crippen LogP contribution in [0.3, 0.4) is 0 Å². The Morgan fingerprint density at radius 2 is 2.04 bits per heavy atom. The summed E-state index contributed by atoms with van der Waals surface area (Å²) in [6.45, 7) is 6.27. The summed E-state index contributed by atoms with van der Waals surface area (Å²) in [5.74, 6) is -0.519. The quantitative estimate of drug-likeness (QED) is 0.438. The van der Waals surface area contributed by atoms with Crippen molar-refractivity contribution in [3.05, 3.63) is 62.0 Å². The molecule has 0 fully saturated rings. The molecule has 0 saturated heterocycles. The molecule has 2 rings (SSSR count). The summed E-state index contributed by atoms with van der Waals surface area (Å²) in [5, 5.41) is 21.3. The molecule has 0 radical (unpaired) electrons. The molecule has 0 atom stereocenters. The van der Waals surface area contributed by atoms with Gasteiger partial charge in [-0.2, -0.15) is 0 Å². The Labute approximate surface area is 150 Å². The van der Waals surface area contributed by atoms with Gasteiger partial charge in [0.1, 0.15) is 6.61 Å². The predicted octanol–water partition coefficient (Wildman–Crippen LogP) is 4.21. The van der Waals surface area contributed by atoms with E-state index in [1.165, 1.54) is 23.8 Å². The Balaban J connectivity index is 2.23. The lowest BCUT2D eigenvalue weighted by atomic mass is 10.1. The second kappa shape index (κ2) is 8.33. The normalized spacial score (nSPS) is 11.4. The standard InChI is InChI=1S/C19H22N2O5/c1-12(2)5-4-6-13(3)9-10-26-18-15-8-7-14(21(24)25)11-16(15)20-19(23)17(18)22/h5,7-9,11,22H,4,6,10H2,1-3H3,(H,20,23). The summed E-state index contributed by atoms with van der Waals surface area (Å²) in [4.78, 5) is 24.6. The SMILES string of the molecule is CC(C)=CCCC(C)=CCOc1c(O)c(=O)[nH]c2cc([N+](=O)[O-])ccc12. The molecule has 0 aliphatic heterocycles. The van der Waals surface area contributed by atoms with Crippen LogP contribution in [-0.2, 0) is 0 Å². The molecule has 2 aromatic rings. The fraction of sp³-hybridized carbons (Fsp3) is 0.316. The third-order valence-corrected chi connectivity index (χ3v) is 3.89. The molecular formula is C19H22N2O5. The topological polar surface area (TPSA) is 105 Å². The van der Waals surface area contributed by atoms with E-state index in [4.69, 9.17) is 4.74 Å². The molecule has 0 amide bonds. The van der Waals surface area contributed by atoms with Crippen LogP contribution in [0.1, 0.15) is 33.6 Å². The van der Waals surface area contributed by atoms with Crippen LogP contribution in [0.15, 0.2) is 46.3 Å². The van der Waals surface area contributed by atoms with Crippen LogP contribution in [-0.4, -0.2) is 21.6 Å². The van der Waals surface area contributed by atoms with Gasteiger partial charge in [0.05, 0.1) is 10.4 Å². The number of benzene rings is 1. The van der Waals surface area contributed by atoms with Crippen molar-refractivity contribution < 1.29 is 14.8 Å². The second-order valence-electron chi connectivity index (χ2n) is 6.30. The molecule has 138 valence electrons. The number of aromatic amines is 1. The van der Waals surface area contributed by atoms with E-state index < -0.39 is 16.2 Å².